The minimum atomic E-state index is 0.409. The zero-order chi connectivity index (χ0) is 11.1. The number of nitrogens with one attached hydrogen (secondary N) is 1. The molecule has 15 heavy (non-hydrogen) atoms. The summed E-state index contributed by atoms with van der Waals surface area (Å²) < 4.78 is 0. The second kappa shape index (κ2) is 6.17. The van der Waals surface area contributed by atoms with Gasteiger partial charge in [-0.1, -0.05) is 6.08 Å². The Labute approximate surface area is 91.7 Å². The monoisotopic (exact) mass is 205 g/mol. The first kappa shape index (κ1) is 11.7. The highest BCUT2D eigenvalue weighted by molar-refractivity contribution is 5.25. The van der Waals surface area contributed by atoms with E-state index < -0.39 is 0 Å². The summed E-state index contributed by atoms with van der Waals surface area (Å²) in [5.41, 5.74) is 0.991. The molecule has 82 valence electrons. The summed E-state index contributed by atoms with van der Waals surface area (Å²) in [4.78, 5) is 8.46. The van der Waals surface area contributed by atoms with E-state index in [1.54, 1.807) is 6.20 Å². The summed E-state index contributed by atoms with van der Waals surface area (Å²) in [5.74, 6) is 0.723. The number of aromatic nitrogens is 2. The number of anilines is 1. The van der Waals surface area contributed by atoms with Crippen molar-refractivity contribution in [3.05, 3.63) is 30.6 Å². The van der Waals surface area contributed by atoms with Gasteiger partial charge in [0, 0.05) is 17.9 Å². The van der Waals surface area contributed by atoms with Gasteiger partial charge in [0.25, 0.3) is 0 Å². The number of rotatable bonds is 6. The van der Waals surface area contributed by atoms with Crippen LogP contribution in [0.15, 0.2) is 24.9 Å². The van der Waals surface area contributed by atoms with Crippen LogP contribution < -0.4 is 5.32 Å². The zero-order valence-corrected chi connectivity index (χ0v) is 9.53. The van der Waals surface area contributed by atoms with Gasteiger partial charge in [0.05, 0.1) is 0 Å². The van der Waals surface area contributed by atoms with Gasteiger partial charge in [-0.25, -0.2) is 9.97 Å². The molecule has 0 spiro atoms. The second-order valence-electron chi connectivity index (χ2n) is 3.79. The molecule has 0 saturated heterocycles. The van der Waals surface area contributed by atoms with E-state index in [-0.39, 0.29) is 0 Å². The molecule has 0 aliphatic heterocycles. The molecule has 0 fully saturated rings. The van der Waals surface area contributed by atoms with E-state index in [9.17, 15) is 0 Å². The Hall–Kier alpha value is -1.38. The molecule has 3 nitrogen and oxygen atoms in total. The lowest BCUT2D eigenvalue weighted by Crippen LogP contribution is -2.16. The fourth-order valence-corrected chi connectivity index (χ4v) is 1.38. The maximum Gasteiger partial charge on any atom is 0.223 e. The fraction of sp³-hybridized carbons (Fsp3) is 0.500. The Balaban J connectivity index is 2.37. The Bertz CT molecular complexity index is 309. The van der Waals surface area contributed by atoms with Crippen molar-refractivity contribution >= 4 is 5.95 Å². The number of allylic oxidation sites excluding steroid dienone is 1. The second-order valence-corrected chi connectivity index (χ2v) is 3.79. The highest BCUT2D eigenvalue weighted by Gasteiger charge is 2.02. The molecule has 0 radical (unpaired) electrons. The van der Waals surface area contributed by atoms with E-state index in [1.807, 2.05) is 19.1 Å². The van der Waals surface area contributed by atoms with Gasteiger partial charge >= 0.3 is 0 Å². The summed E-state index contributed by atoms with van der Waals surface area (Å²) in [5, 5.41) is 3.29. The average Bonchev–Trinajstić information content (AvgIpc) is 2.18. The van der Waals surface area contributed by atoms with Gasteiger partial charge in [-0.05, 0) is 39.2 Å². The van der Waals surface area contributed by atoms with Crippen LogP contribution >= 0.6 is 0 Å². The molecule has 1 aromatic heterocycles. The molecular formula is C12H19N3. The maximum absolute atomic E-state index is 4.30. The van der Waals surface area contributed by atoms with Gasteiger partial charge in [-0.15, -0.1) is 6.58 Å². The normalized spacial score (nSPS) is 12.1. The van der Waals surface area contributed by atoms with Crippen molar-refractivity contribution in [3.63, 3.8) is 0 Å². The smallest absolute Gasteiger partial charge is 0.223 e. The largest absolute Gasteiger partial charge is 0.352 e. The van der Waals surface area contributed by atoms with E-state index in [0.29, 0.717) is 6.04 Å². The summed E-state index contributed by atoms with van der Waals surface area (Å²) in [6.45, 7) is 7.82. The van der Waals surface area contributed by atoms with Crippen LogP contribution in [0.25, 0.3) is 0 Å². The van der Waals surface area contributed by atoms with Gasteiger partial charge in [0.2, 0.25) is 5.95 Å². The molecule has 1 unspecified atom stereocenters. The van der Waals surface area contributed by atoms with Crippen LogP contribution in [0.1, 0.15) is 31.9 Å². The Morgan fingerprint density at radius 3 is 3.07 bits per heavy atom. The Kier molecular flexibility index (Phi) is 4.81. The predicted molar refractivity (Wildman–Crippen MR) is 63.9 cm³/mol. The Morgan fingerprint density at radius 1 is 1.60 bits per heavy atom. The molecule has 1 N–H and O–H groups in total. The van der Waals surface area contributed by atoms with E-state index in [0.717, 1.165) is 30.9 Å². The van der Waals surface area contributed by atoms with Crippen LogP contribution in [0.5, 0.6) is 0 Å². The lowest BCUT2D eigenvalue weighted by molar-refractivity contribution is 0.657. The summed E-state index contributed by atoms with van der Waals surface area (Å²) >= 11 is 0. The summed E-state index contributed by atoms with van der Waals surface area (Å²) in [7, 11) is 0. The van der Waals surface area contributed by atoms with Crippen molar-refractivity contribution in [1.82, 2.24) is 9.97 Å². The molecule has 0 aromatic carbocycles. The lowest BCUT2D eigenvalue weighted by atomic mass is 10.1. The first-order chi connectivity index (χ1) is 7.22. The van der Waals surface area contributed by atoms with Gasteiger partial charge < -0.3 is 5.32 Å². The topological polar surface area (TPSA) is 37.8 Å². The lowest BCUT2D eigenvalue weighted by Gasteiger charge is -2.12. The van der Waals surface area contributed by atoms with Crippen LogP contribution in [-0.2, 0) is 0 Å². The van der Waals surface area contributed by atoms with Crippen molar-refractivity contribution in [3.8, 4) is 0 Å². The van der Waals surface area contributed by atoms with Crippen LogP contribution in [0, 0.1) is 6.92 Å². The highest BCUT2D eigenvalue weighted by atomic mass is 15.1. The van der Waals surface area contributed by atoms with Gasteiger partial charge in [0.15, 0.2) is 0 Å². The minimum Gasteiger partial charge on any atom is -0.352 e. The molecule has 3 heteroatoms. The SMILES string of the molecule is C=CCCCC(C)Nc1nccc(C)n1. The molecule has 1 aromatic rings. The average molecular weight is 205 g/mol. The van der Waals surface area contributed by atoms with Crippen LogP contribution in [0.4, 0.5) is 5.95 Å². The van der Waals surface area contributed by atoms with E-state index in [1.165, 1.54) is 0 Å². The summed E-state index contributed by atoms with van der Waals surface area (Å²) in [6.07, 6.45) is 7.07. The third-order valence-corrected chi connectivity index (χ3v) is 2.22. The Morgan fingerprint density at radius 2 is 2.40 bits per heavy atom. The number of nitrogens with zero attached hydrogens (tertiary/aromatic N) is 2. The molecular weight excluding hydrogens is 186 g/mol. The predicted octanol–water partition coefficient (Wildman–Crippen LogP) is 2.94. The fourth-order valence-electron chi connectivity index (χ4n) is 1.38. The number of hydrogen-bond donors (Lipinski definition) is 1. The molecule has 0 saturated carbocycles. The quantitative estimate of drug-likeness (QED) is 0.573. The minimum absolute atomic E-state index is 0.409. The first-order valence-corrected chi connectivity index (χ1v) is 5.39. The van der Waals surface area contributed by atoms with Gasteiger partial charge in [-0.2, -0.15) is 0 Å². The van der Waals surface area contributed by atoms with Crippen molar-refractivity contribution in [2.75, 3.05) is 5.32 Å². The van der Waals surface area contributed by atoms with E-state index in [2.05, 4.69) is 28.8 Å². The van der Waals surface area contributed by atoms with Crippen LogP contribution in [-0.4, -0.2) is 16.0 Å². The van der Waals surface area contributed by atoms with Crippen molar-refractivity contribution in [1.29, 1.82) is 0 Å². The molecule has 0 aliphatic rings. The van der Waals surface area contributed by atoms with Gasteiger partial charge in [0.1, 0.15) is 0 Å². The van der Waals surface area contributed by atoms with Crippen molar-refractivity contribution in [2.24, 2.45) is 0 Å². The third-order valence-electron chi connectivity index (χ3n) is 2.22. The highest BCUT2D eigenvalue weighted by Crippen LogP contribution is 2.06. The summed E-state index contributed by atoms with van der Waals surface area (Å²) in [6, 6.07) is 2.31. The van der Waals surface area contributed by atoms with E-state index in [4.69, 9.17) is 0 Å². The number of aryl methyl sites for hydroxylation is 1. The molecule has 0 amide bonds. The van der Waals surface area contributed by atoms with Crippen molar-refractivity contribution < 1.29 is 0 Å². The molecule has 1 rings (SSSR count). The standard InChI is InChI=1S/C12H19N3/c1-4-5-6-7-10(2)14-12-13-9-8-11(3)15-12/h4,8-10H,1,5-7H2,2-3H3,(H,13,14,15). The van der Waals surface area contributed by atoms with Crippen LogP contribution in [0.3, 0.4) is 0 Å². The van der Waals surface area contributed by atoms with Crippen molar-refractivity contribution in [2.45, 2.75) is 39.2 Å². The molecule has 0 bridgehead atoms. The number of unbranched alkanes of at least 4 members (excludes halogenated alkanes) is 1. The van der Waals surface area contributed by atoms with Gasteiger partial charge in [-0.3, -0.25) is 0 Å². The molecule has 1 heterocycles. The molecule has 0 aliphatic carbocycles. The van der Waals surface area contributed by atoms with Crippen LogP contribution in [0.2, 0.25) is 0 Å². The molecule has 1 atom stereocenters. The first-order valence-electron chi connectivity index (χ1n) is 5.39. The maximum atomic E-state index is 4.30. The number of hydrogen-bond acceptors (Lipinski definition) is 3. The zero-order valence-electron chi connectivity index (χ0n) is 9.53. The third kappa shape index (κ3) is 4.58. The van der Waals surface area contributed by atoms with E-state index >= 15 is 0 Å².